The van der Waals surface area contributed by atoms with Crippen molar-refractivity contribution < 1.29 is 4.79 Å². The van der Waals surface area contributed by atoms with E-state index < -0.39 is 0 Å². The Hall–Kier alpha value is 0.110. The molecule has 4 heteroatoms. The van der Waals surface area contributed by atoms with Crippen LogP contribution in [-0.4, -0.2) is 28.8 Å². The SMILES string of the molecule is CCC(CC)(CCl)CNC(=O)C1(C)CCCS1. The molecule has 0 aliphatic carbocycles. The van der Waals surface area contributed by atoms with Gasteiger partial charge in [-0.3, -0.25) is 4.79 Å². The molecule has 0 spiro atoms. The Kier molecular flexibility index (Phi) is 5.65. The molecule has 0 radical (unpaired) electrons. The van der Waals surface area contributed by atoms with Crippen molar-refractivity contribution in [2.45, 2.75) is 51.2 Å². The van der Waals surface area contributed by atoms with Crippen molar-refractivity contribution in [2.75, 3.05) is 18.2 Å². The van der Waals surface area contributed by atoms with E-state index in [0.717, 1.165) is 31.4 Å². The van der Waals surface area contributed by atoms with E-state index in [2.05, 4.69) is 26.1 Å². The normalized spacial score (nSPS) is 24.9. The van der Waals surface area contributed by atoms with E-state index in [-0.39, 0.29) is 16.1 Å². The van der Waals surface area contributed by atoms with Gasteiger partial charge in [-0.1, -0.05) is 13.8 Å². The Morgan fingerprint density at radius 2 is 2.12 bits per heavy atom. The van der Waals surface area contributed by atoms with Crippen LogP contribution in [0.15, 0.2) is 0 Å². The number of halogens is 1. The predicted molar refractivity (Wildman–Crippen MR) is 76.8 cm³/mol. The number of rotatable bonds is 6. The molecule has 17 heavy (non-hydrogen) atoms. The summed E-state index contributed by atoms with van der Waals surface area (Å²) in [6.45, 7) is 7.05. The van der Waals surface area contributed by atoms with Crippen LogP contribution in [0.1, 0.15) is 46.5 Å². The second-order valence-electron chi connectivity index (χ2n) is 5.21. The average molecular weight is 278 g/mol. The smallest absolute Gasteiger partial charge is 0.235 e. The molecule has 0 saturated carbocycles. The molecule has 0 aromatic heterocycles. The third-order valence-electron chi connectivity index (χ3n) is 4.11. The second kappa shape index (κ2) is 6.33. The maximum Gasteiger partial charge on any atom is 0.235 e. The van der Waals surface area contributed by atoms with Gasteiger partial charge in [0.25, 0.3) is 0 Å². The van der Waals surface area contributed by atoms with Gasteiger partial charge in [0.1, 0.15) is 0 Å². The molecule has 0 aromatic rings. The van der Waals surface area contributed by atoms with Gasteiger partial charge in [0.2, 0.25) is 5.91 Å². The van der Waals surface area contributed by atoms with Crippen molar-refractivity contribution in [3.63, 3.8) is 0 Å². The van der Waals surface area contributed by atoms with E-state index >= 15 is 0 Å². The first-order valence-corrected chi connectivity index (χ1v) is 8.02. The number of hydrogen-bond donors (Lipinski definition) is 1. The van der Waals surface area contributed by atoms with Gasteiger partial charge in [-0.2, -0.15) is 0 Å². The van der Waals surface area contributed by atoms with Gasteiger partial charge in [0.15, 0.2) is 0 Å². The van der Waals surface area contributed by atoms with Gasteiger partial charge >= 0.3 is 0 Å². The van der Waals surface area contributed by atoms with Gasteiger partial charge in [-0.15, -0.1) is 23.4 Å². The number of alkyl halides is 1. The largest absolute Gasteiger partial charge is 0.354 e. The summed E-state index contributed by atoms with van der Waals surface area (Å²) >= 11 is 7.83. The zero-order valence-electron chi connectivity index (χ0n) is 11.1. The lowest BCUT2D eigenvalue weighted by atomic mass is 9.84. The van der Waals surface area contributed by atoms with Crippen molar-refractivity contribution in [1.82, 2.24) is 5.32 Å². The number of carbonyl (C=O) groups excluding carboxylic acids is 1. The number of carbonyl (C=O) groups is 1. The van der Waals surface area contributed by atoms with E-state index in [4.69, 9.17) is 11.6 Å². The lowest BCUT2D eigenvalue weighted by Gasteiger charge is -2.31. The number of hydrogen-bond acceptors (Lipinski definition) is 2. The highest BCUT2D eigenvalue weighted by Gasteiger charge is 2.38. The topological polar surface area (TPSA) is 29.1 Å². The maximum absolute atomic E-state index is 12.2. The van der Waals surface area contributed by atoms with Crippen LogP contribution >= 0.6 is 23.4 Å². The molecule has 1 fully saturated rings. The Morgan fingerprint density at radius 1 is 1.47 bits per heavy atom. The molecule has 1 atom stereocenters. The molecule has 0 aromatic carbocycles. The first-order chi connectivity index (χ1) is 8.02. The van der Waals surface area contributed by atoms with E-state index in [1.165, 1.54) is 0 Å². The van der Waals surface area contributed by atoms with Gasteiger partial charge in [-0.05, 0) is 38.4 Å². The highest BCUT2D eigenvalue weighted by atomic mass is 35.5. The van der Waals surface area contributed by atoms with Crippen LogP contribution in [0.5, 0.6) is 0 Å². The minimum atomic E-state index is -0.209. The molecule has 0 bridgehead atoms. The molecule has 1 aliphatic rings. The van der Waals surface area contributed by atoms with Crippen LogP contribution in [0.2, 0.25) is 0 Å². The Bertz CT molecular complexity index is 252. The predicted octanol–water partition coefficient (Wildman–Crippen LogP) is 3.43. The highest BCUT2D eigenvalue weighted by Crippen LogP contribution is 2.38. The van der Waals surface area contributed by atoms with E-state index in [1.54, 1.807) is 11.8 Å². The lowest BCUT2D eigenvalue weighted by Crippen LogP contribution is -2.45. The lowest BCUT2D eigenvalue weighted by molar-refractivity contribution is -0.123. The molecule has 1 saturated heterocycles. The summed E-state index contributed by atoms with van der Waals surface area (Å²) in [6.07, 6.45) is 4.17. The average Bonchev–Trinajstić information content (AvgIpc) is 2.80. The zero-order chi connectivity index (χ0) is 12.9. The fourth-order valence-electron chi connectivity index (χ4n) is 2.15. The molecule has 1 aliphatic heterocycles. The van der Waals surface area contributed by atoms with E-state index in [1.807, 2.05) is 0 Å². The first kappa shape index (κ1) is 15.2. The summed E-state index contributed by atoms with van der Waals surface area (Å²) in [6, 6.07) is 0. The van der Waals surface area contributed by atoms with Crippen LogP contribution in [0.3, 0.4) is 0 Å². The minimum absolute atomic E-state index is 0.0663. The second-order valence-corrected chi connectivity index (χ2v) is 7.07. The van der Waals surface area contributed by atoms with Crippen molar-refractivity contribution in [3.05, 3.63) is 0 Å². The number of nitrogens with one attached hydrogen (secondary N) is 1. The van der Waals surface area contributed by atoms with Crippen LogP contribution in [0.25, 0.3) is 0 Å². The van der Waals surface area contributed by atoms with Crippen LogP contribution < -0.4 is 5.32 Å². The van der Waals surface area contributed by atoms with Gasteiger partial charge in [0, 0.05) is 17.8 Å². The van der Waals surface area contributed by atoms with Crippen LogP contribution in [0, 0.1) is 5.41 Å². The van der Waals surface area contributed by atoms with Crippen LogP contribution in [0.4, 0.5) is 0 Å². The monoisotopic (exact) mass is 277 g/mol. The summed E-state index contributed by atoms with van der Waals surface area (Å²) in [4.78, 5) is 12.2. The first-order valence-electron chi connectivity index (χ1n) is 6.50. The standard InChI is InChI=1S/C13H24ClNOS/c1-4-13(5-2,9-14)10-15-11(16)12(3)7-6-8-17-12/h4-10H2,1-3H3,(H,15,16). The third kappa shape index (κ3) is 3.54. The minimum Gasteiger partial charge on any atom is -0.354 e. The molecule has 1 heterocycles. The fraction of sp³-hybridized carbons (Fsp3) is 0.923. The molecule has 2 nitrogen and oxygen atoms in total. The van der Waals surface area contributed by atoms with Gasteiger partial charge in [-0.25, -0.2) is 0 Å². The number of amides is 1. The van der Waals surface area contributed by atoms with E-state index in [9.17, 15) is 4.79 Å². The molecule has 1 amide bonds. The summed E-state index contributed by atoms with van der Waals surface area (Å²) in [5.41, 5.74) is 0.0663. The summed E-state index contributed by atoms with van der Waals surface area (Å²) in [5.74, 6) is 1.91. The number of thioether (sulfide) groups is 1. The third-order valence-corrected chi connectivity index (χ3v) is 6.19. The van der Waals surface area contributed by atoms with Crippen LogP contribution in [-0.2, 0) is 4.79 Å². The van der Waals surface area contributed by atoms with Crippen molar-refractivity contribution in [1.29, 1.82) is 0 Å². The molecule has 1 rings (SSSR count). The quantitative estimate of drug-likeness (QED) is 0.754. The fourth-order valence-corrected chi connectivity index (χ4v) is 3.85. The van der Waals surface area contributed by atoms with Crippen molar-refractivity contribution in [2.24, 2.45) is 5.41 Å². The Labute approximate surface area is 114 Å². The zero-order valence-corrected chi connectivity index (χ0v) is 12.7. The Morgan fingerprint density at radius 3 is 2.53 bits per heavy atom. The Balaban J connectivity index is 2.52. The van der Waals surface area contributed by atoms with Gasteiger partial charge < -0.3 is 5.32 Å². The molecular formula is C13H24ClNOS. The maximum atomic E-state index is 12.2. The molecule has 100 valence electrons. The molecule has 1 unspecified atom stereocenters. The molecule has 1 N–H and O–H groups in total. The highest BCUT2D eigenvalue weighted by molar-refractivity contribution is 8.01. The van der Waals surface area contributed by atoms with E-state index in [0.29, 0.717) is 12.4 Å². The summed E-state index contributed by atoms with van der Waals surface area (Å²) in [5, 5.41) is 3.11. The summed E-state index contributed by atoms with van der Waals surface area (Å²) in [7, 11) is 0. The van der Waals surface area contributed by atoms with Gasteiger partial charge in [0.05, 0.1) is 4.75 Å². The van der Waals surface area contributed by atoms with Crippen molar-refractivity contribution >= 4 is 29.3 Å². The summed E-state index contributed by atoms with van der Waals surface area (Å²) < 4.78 is -0.209. The van der Waals surface area contributed by atoms with Crippen molar-refractivity contribution in [3.8, 4) is 0 Å². The molecular weight excluding hydrogens is 254 g/mol.